The Hall–Kier alpha value is -3.28. The van der Waals surface area contributed by atoms with E-state index in [0.29, 0.717) is 17.4 Å². The molecule has 0 aliphatic carbocycles. The van der Waals surface area contributed by atoms with Gasteiger partial charge in [-0.15, -0.1) is 0 Å². The molecule has 3 heterocycles. The minimum Gasteiger partial charge on any atom is -0.388 e. The summed E-state index contributed by atoms with van der Waals surface area (Å²) in [7, 11) is 5.52. The van der Waals surface area contributed by atoms with Gasteiger partial charge in [-0.1, -0.05) is 12.1 Å². The van der Waals surface area contributed by atoms with E-state index in [2.05, 4.69) is 51.7 Å². The van der Waals surface area contributed by atoms with Crippen molar-refractivity contribution in [2.45, 2.75) is 12.5 Å². The second-order valence-electron chi connectivity index (χ2n) is 8.80. The van der Waals surface area contributed by atoms with Crippen LogP contribution in [0.4, 0.5) is 17.2 Å². The van der Waals surface area contributed by atoms with Crippen LogP contribution >= 0.6 is 7.92 Å². The van der Waals surface area contributed by atoms with Crippen molar-refractivity contribution in [3.05, 3.63) is 72.7 Å². The van der Waals surface area contributed by atoms with E-state index >= 15 is 0 Å². The SMILES string of the molecule is CNc1ccc(-c2cnc3c(Nc4ccc(C(=O)P5CCC(N(C)C)C5)cc4)nccn23)cc1. The standard InChI is InChI=1S/C26H29N6OP/c1-27-20-8-4-18(5-9-20)23-16-29-25-24(28-13-14-32(23)25)30-21-10-6-19(7-11-21)26(33)34-15-12-22(17-34)31(2)3/h4-11,13-14,16,22,27H,12,15,17H2,1-3H3,(H,28,30). The van der Waals surface area contributed by atoms with Gasteiger partial charge in [-0.3, -0.25) is 9.20 Å². The Morgan fingerprint density at radius 1 is 1.06 bits per heavy atom. The van der Waals surface area contributed by atoms with Crippen molar-refractivity contribution in [3.63, 3.8) is 0 Å². The Labute approximate surface area is 201 Å². The highest BCUT2D eigenvalue weighted by molar-refractivity contribution is 7.75. The zero-order chi connectivity index (χ0) is 23.7. The van der Waals surface area contributed by atoms with E-state index in [1.807, 2.05) is 60.2 Å². The summed E-state index contributed by atoms with van der Waals surface area (Å²) in [6.07, 6.45) is 8.70. The molecule has 174 valence electrons. The highest BCUT2D eigenvalue weighted by Crippen LogP contribution is 2.47. The summed E-state index contributed by atoms with van der Waals surface area (Å²) < 4.78 is 2.03. The van der Waals surface area contributed by atoms with Crippen LogP contribution in [0.1, 0.15) is 16.8 Å². The van der Waals surface area contributed by atoms with Crippen molar-refractivity contribution in [3.8, 4) is 11.3 Å². The van der Waals surface area contributed by atoms with Gasteiger partial charge in [-0.05, 0) is 77.2 Å². The van der Waals surface area contributed by atoms with Crippen LogP contribution in [-0.2, 0) is 0 Å². The molecular formula is C26H29N6OP. The van der Waals surface area contributed by atoms with Crippen molar-refractivity contribution in [2.24, 2.45) is 0 Å². The lowest BCUT2D eigenvalue weighted by Crippen LogP contribution is -2.27. The van der Waals surface area contributed by atoms with Gasteiger partial charge in [-0.25, -0.2) is 9.97 Å². The number of benzene rings is 2. The van der Waals surface area contributed by atoms with Gasteiger partial charge in [0.2, 0.25) is 0 Å². The van der Waals surface area contributed by atoms with Crippen molar-refractivity contribution < 1.29 is 4.79 Å². The summed E-state index contributed by atoms with van der Waals surface area (Å²) in [6, 6.07) is 16.5. The molecule has 0 saturated carbocycles. The van der Waals surface area contributed by atoms with E-state index in [4.69, 9.17) is 0 Å². The van der Waals surface area contributed by atoms with Crippen LogP contribution in [0.25, 0.3) is 16.9 Å². The number of nitrogens with one attached hydrogen (secondary N) is 2. The summed E-state index contributed by atoms with van der Waals surface area (Å²) >= 11 is 0. The lowest BCUT2D eigenvalue weighted by molar-refractivity contribution is 0.108. The summed E-state index contributed by atoms with van der Waals surface area (Å²) in [5.74, 6) is 0.675. The Bertz CT molecular complexity index is 1300. The van der Waals surface area contributed by atoms with Crippen LogP contribution in [0.5, 0.6) is 0 Å². The molecule has 7 nitrogen and oxygen atoms in total. The van der Waals surface area contributed by atoms with Crippen LogP contribution in [0.15, 0.2) is 67.1 Å². The molecular weight excluding hydrogens is 443 g/mol. The summed E-state index contributed by atoms with van der Waals surface area (Å²) in [4.78, 5) is 24.4. The number of nitrogens with zero attached hydrogens (tertiary/aromatic N) is 4. The van der Waals surface area contributed by atoms with Gasteiger partial charge in [0.25, 0.3) is 0 Å². The second kappa shape index (κ2) is 9.53. The van der Waals surface area contributed by atoms with Gasteiger partial charge in [0.1, 0.15) is 0 Å². The first kappa shape index (κ1) is 22.5. The largest absolute Gasteiger partial charge is 0.388 e. The number of carbonyl (C=O) groups excluding carboxylic acids is 1. The molecule has 0 spiro atoms. The van der Waals surface area contributed by atoms with E-state index in [-0.39, 0.29) is 0 Å². The van der Waals surface area contributed by atoms with Crippen LogP contribution < -0.4 is 10.6 Å². The van der Waals surface area contributed by atoms with Crippen molar-refractivity contribution >= 4 is 36.3 Å². The van der Waals surface area contributed by atoms with E-state index < -0.39 is 7.92 Å². The van der Waals surface area contributed by atoms with E-state index in [1.54, 1.807) is 6.20 Å². The molecule has 0 amide bonds. The third-order valence-corrected chi connectivity index (χ3v) is 8.97. The molecule has 2 N–H and O–H groups in total. The summed E-state index contributed by atoms with van der Waals surface area (Å²) in [5, 5.41) is 6.51. The van der Waals surface area contributed by atoms with Gasteiger partial charge in [0.15, 0.2) is 17.0 Å². The van der Waals surface area contributed by atoms with Gasteiger partial charge in [0.05, 0.1) is 11.9 Å². The lowest BCUT2D eigenvalue weighted by Gasteiger charge is -2.18. The first-order valence-corrected chi connectivity index (χ1v) is 13.2. The molecule has 2 aromatic heterocycles. The fourth-order valence-corrected chi connectivity index (χ4v) is 7.09. The number of carbonyl (C=O) groups is 1. The molecule has 2 unspecified atom stereocenters. The molecule has 5 rings (SSSR count). The normalized spacial score (nSPS) is 17.9. The zero-order valence-electron chi connectivity index (χ0n) is 19.7. The molecule has 1 aliphatic rings. The number of aromatic nitrogens is 3. The van der Waals surface area contributed by atoms with Crippen LogP contribution in [0.3, 0.4) is 0 Å². The second-order valence-corrected chi connectivity index (χ2v) is 11.1. The maximum Gasteiger partial charge on any atom is 0.184 e. The third-order valence-electron chi connectivity index (χ3n) is 6.47. The topological polar surface area (TPSA) is 74.6 Å². The van der Waals surface area contributed by atoms with Crippen molar-refractivity contribution in [2.75, 3.05) is 44.1 Å². The third kappa shape index (κ3) is 4.41. The Kier molecular flexibility index (Phi) is 6.31. The smallest absolute Gasteiger partial charge is 0.184 e. The van der Waals surface area contributed by atoms with Crippen molar-refractivity contribution in [1.29, 1.82) is 0 Å². The molecule has 0 radical (unpaired) electrons. The predicted octanol–water partition coefficient (Wildman–Crippen LogP) is 5.14. The molecule has 2 aromatic carbocycles. The molecule has 1 fully saturated rings. The van der Waals surface area contributed by atoms with Crippen LogP contribution in [0, 0.1) is 0 Å². The molecule has 1 saturated heterocycles. The molecule has 8 heteroatoms. The Balaban J connectivity index is 1.33. The monoisotopic (exact) mass is 472 g/mol. The van der Waals surface area contributed by atoms with Crippen molar-refractivity contribution in [1.82, 2.24) is 19.3 Å². The average Bonchev–Trinajstić information content (AvgIpc) is 3.53. The molecule has 1 aliphatic heterocycles. The molecule has 34 heavy (non-hydrogen) atoms. The highest BCUT2D eigenvalue weighted by atomic mass is 31.1. The first-order chi connectivity index (χ1) is 16.5. The number of hydrogen-bond donors (Lipinski definition) is 2. The minimum absolute atomic E-state index is 0.313. The molecule has 0 bridgehead atoms. The van der Waals surface area contributed by atoms with Crippen LogP contribution in [0.2, 0.25) is 0 Å². The first-order valence-electron chi connectivity index (χ1n) is 11.5. The summed E-state index contributed by atoms with van der Waals surface area (Å²) in [6.45, 7) is 0. The van der Waals surface area contributed by atoms with Gasteiger partial charge in [0, 0.05) is 48.0 Å². The number of anilines is 3. The van der Waals surface area contributed by atoms with E-state index in [1.165, 1.54) is 0 Å². The zero-order valence-corrected chi connectivity index (χ0v) is 20.6. The highest BCUT2D eigenvalue weighted by Gasteiger charge is 2.31. The van der Waals surface area contributed by atoms with Gasteiger partial charge in [-0.2, -0.15) is 0 Å². The Morgan fingerprint density at radius 2 is 1.79 bits per heavy atom. The van der Waals surface area contributed by atoms with E-state index in [0.717, 1.165) is 52.6 Å². The maximum atomic E-state index is 13.0. The predicted molar refractivity (Wildman–Crippen MR) is 141 cm³/mol. The number of fused-ring (bicyclic) bond motifs is 1. The fraction of sp³-hybridized carbons (Fsp3) is 0.269. The average molecular weight is 473 g/mol. The molecule has 4 aromatic rings. The fourth-order valence-electron chi connectivity index (χ4n) is 4.39. The number of hydrogen-bond acceptors (Lipinski definition) is 6. The van der Waals surface area contributed by atoms with Gasteiger partial charge >= 0.3 is 0 Å². The number of rotatable bonds is 7. The van der Waals surface area contributed by atoms with Gasteiger partial charge < -0.3 is 15.5 Å². The lowest BCUT2D eigenvalue weighted by atomic mass is 10.1. The maximum absolute atomic E-state index is 13.0. The quantitative estimate of drug-likeness (QED) is 0.363. The molecule has 2 atom stereocenters. The Morgan fingerprint density at radius 3 is 2.47 bits per heavy atom. The van der Waals surface area contributed by atoms with Crippen LogP contribution in [-0.4, -0.2) is 64.3 Å². The summed E-state index contributed by atoms with van der Waals surface area (Å²) in [5.41, 5.74) is 5.89. The van der Waals surface area contributed by atoms with E-state index in [9.17, 15) is 4.79 Å². The minimum atomic E-state index is -0.589. The number of imidazole rings is 1.